The van der Waals surface area contributed by atoms with E-state index in [1.165, 1.54) is 24.3 Å². The third-order valence-electron chi connectivity index (χ3n) is 2.46. The minimum atomic E-state index is -3.80. The molecule has 0 fully saturated rings. The van der Waals surface area contributed by atoms with Crippen molar-refractivity contribution in [3.63, 3.8) is 0 Å². The second kappa shape index (κ2) is 4.69. The molecule has 0 unspecified atom stereocenters. The van der Waals surface area contributed by atoms with Gasteiger partial charge in [0.05, 0.1) is 10.6 Å². The van der Waals surface area contributed by atoms with Crippen molar-refractivity contribution in [3.05, 3.63) is 42.5 Å². The first-order valence-corrected chi connectivity index (χ1v) is 6.84. The third kappa shape index (κ3) is 2.71. The van der Waals surface area contributed by atoms with Crippen LogP contribution < -0.4 is 16.2 Å². The molecule has 0 saturated carbocycles. The molecular weight excluding hydrogens is 266 g/mol. The van der Waals surface area contributed by atoms with Crippen LogP contribution in [-0.4, -0.2) is 13.5 Å². The molecule has 0 atom stereocenters. The zero-order valence-corrected chi connectivity index (χ0v) is 10.7. The zero-order chi connectivity index (χ0) is 14.0. The van der Waals surface area contributed by atoms with E-state index < -0.39 is 10.0 Å². The van der Waals surface area contributed by atoms with Crippen LogP contribution >= 0.6 is 0 Å². The van der Waals surface area contributed by atoms with Crippen molar-refractivity contribution >= 4 is 27.1 Å². The van der Waals surface area contributed by atoms with Gasteiger partial charge in [-0.3, -0.25) is 4.72 Å². The van der Waals surface area contributed by atoms with E-state index in [0.29, 0.717) is 0 Å². The number of benzene rings is 2. The largest absolute Gasteiger partial charge is 0.506 e. The van der Waals surface area contributed by atoms with Crippen LogP contribution in [0.4, 0.5) is 17.1 Å². The molecule has 0 aliphatic rings. The summed E-state index contributed by atoms with van der Waals surface area (Å²) >= 11 is 0. The molecule has 0 spiro atoms. The molecule has 0 aromatic heterocycles. The Morgan fingerprint density at radius 3 is 2.26 bits per heavy atom. The van der Waals surface area contributed by atoms with Crippen LogP contribution in [0.15, 0.2) is 47.4 Å². The average Bonchev–Trinajstić information content (AvgIpc) is 2.35. The number of phenols is 1. The van der Waals surface area contributed by atoms with E-state index in [2.05, 4.69) is 4.72 Å². The predicted molar refractivity (Wildman–Crippen MR) is 74.2 cm³/mol. The summed E-state index contributed by atoms with van der Waals surface area (Å²) in [5.74, 6) is -0.322. The summed E-state index contributed by atoms with van der Waals surface area (Å²) in [4.78, 5) is 0.0747. The summed E-state index contributed by atoms with van der Waals surface area (Å²) in [6, 6.07) is 10.4. The topological polar surface area (TPSA) is 118 Å². The molecule has 0 amide bonds. The van der Waals surface area contributed by atoms with Crippen LogP contribution in [-0.2, 0) is 10.0 Å². The molecule has 0 saturated heterocycles. The number of rotatable bonds is 3. The number of nitrogens with two attached hydrogens (primary N) is 2. The van der Waals surface area contributed by atoms with Gasteiger partial charge < -0.3 is 16.6 Å². The molecule has 19 heavy (non-hydrogen) atoms. The molecule has 0 radical (unpaired) electrons. The maximum atomic E-state index is 12.1. The molecule has 0 heterocycles. The second-order valence-corrected chi connectivity index (χ2v) is 5.61. The van der Waals surface area contributed by atoms with Gasteiger partial charge in [-0.25, -0.2) is 8.42 Å². The first-order valence-electron chi connectivity index (χ1n) is 5.36. The summed E-state index contributed by atoms with van der Waals surface area (Å²) in [5, 5.41) is 9.70. The van der Waals surface area contributed by atoms with Crippen LogP contribution in [0.3, 0.4) is 0 Å². The molecule has 2 rings (SSSR count). The van der Waals surface area contributed by atoms with Gasteiger partial charge in [0.2, 0.25) is 0 Å². The predicted octanol–water partition coefficient (Wildman–Crippen LogP) is 1.36. The average molecular weight is 279 g/mol. The smallest absolute Gasteiger partial charge is 0.262 e. The molecule has 0 bridgehead atoms. The molecule has 0 aliphatic heterocycles. The van der Waals surface area contributed by atoms with Crippen molar-refractivity contribution < 1.29 is 13.5 Å². The Labute approximate surface area is 110 Å². The van der Waals surface area contributed by atoms with Gasteiger partial charge in [0, 0.05) is 11.8 Å². The van der Waals surface area contributed by atoms with Crippen molar-refractivity contribution in [2.24, 2.45) is 0 Å². The van der Waals surface area contributed by atoms with Gasteiger partial charge in [-0.15, -0.1) is 0 Å². The number of nitrogens with one attached hydrogen (secondary N) is 1. The van der Waals surface area contributed by atoms with E-state index in [1.807, 2.05) is 0 Å². The van der Waals surface area contributed by atoms with Gasteiger partial charge in [-0.1, -0.05) is 18.2 Å². The molecule has 6 N–H and O–H groups in total. The lowest BCUT2D eigenvalue weighted by molar-refractivity contribution is 0.478. The molecule has 0 aliphatic carbocycles. The summed E-state index contributed by atoms with van der Waals surface area (Å²) in [7, 11) is -3.80. The Morgan fingerprint density at radius 2 is 1.68 bits per heavy atom. The van der Waals surface area contributed by atoms with Crippen molar-refractivity contribution in [2.75, 3.05) is 16.2 Å². The van der Waals surface area contributed by atoms with E-state index >= 15 is 0 Å². The lowest BCUT2D eigenvalue weighted by atomic mass is 10.2. The fourth-order valence-electron chi connectivity index (χ4n) is 1.58. The molecule has 100 valence electrons. The van der Waals surface area contributed by atoms with Crippen molar-refractivity contribution in [3.8, 4) is 5.75 Å². The molecule has 2 aromatic rings. The van der Waals surface area contributed by atoms with Crippen LogP contribution in [0.25, 0.3) is 0 Å². The van der Waals surface area contributed by atoms with E-state index in [0.717, 1.165) is 0 Å². The molecule has 6 nitrogen and oxygen atoms in total. The highest BCUT2D eigenvalue weighted by atomic mass is 32.2. The summed E-state index contributed by atoms with van der Waals surface area (Å²) in [5.41, 5.74) is 11.3. The molecule has 7 heteroatoms. The van der Waals surface area contributed by atoms with Gasteiger partial charge in [0.1, 0.15) is 11.4 Å². The molecule has 2 aromatic carbocycles. The number of aromatic hydroxyl groups is 1. The Hall–Kier alpha value is -2.41. The fourth-order valence-corrected chi connectivity index (χ4v) is 2.70. The SMILES string of the molecule is Nc1cc(N)c(NS(=O)(=O)c2ccccc2)c(O)c1. The second-order valence-electron chi connectivity index (χ2n) is 3.92. The van der Waals surface area contributed by atoms with Crippen LogP contribution in [0, 0.1) is 0 Å². The Morgan fingerprint density at radius 1 is 1.05 bits per heavy atom. The maximum Gasteiger partial charge on any atom is 0.262 e. The maximum absolute atomic E-state index is 12.1. The van der Waals surface area contributed by atoms with Gasteiger partial charge >= 0.3 is 0 Å². The summed E-state index contributed by atoms with van der Waals surface area (Å²) < 4.78 is 26.4. The normalized spacial score (nSPS) is 11.2. The van der Waals surface area contributed by atoms with E-state index in [9.17, 15) is 13.5 Å². The van der Waals surface area contributed by atoms with Gasteiger partial charge in [-0.05, 0) is 18.2 Å². The number of phenolic OH excluding ortho intramolecular Hbond substituents is 1. The Bertz CT molecular complexity index is 676. The van der Waals surface area contributed by atoms with Crippen molar-refractivity contribution in [2.45, 2.75) is 4.90 Å². The van der Waals surface area contributed by atoms with Gasteiger partial charge in [0.15, 0.2) is 0 Å². The number of hydrogen-bond acceptors (Lipinski definition) is 5. The minimum absolute atomic E-state index is 0.0528. The number of hydrogen-bond donors (Lipinski definition) is 4. The minimum Gasteiger partial charge on any atom is -0.506 e. The van der Waals surface area contributed by atoms with Gasteiger partial charge in [-0.2, -0.15) is 0 Å². The Kier molecular flexibility index (Phi) is 3.22. The zero-order valence-electron chi connectivity index (χ0n) is 9.87. The third-order valence-corrected chi connectivity index (χ3v) is 3.83. The highest BCUT2D eigenvalue weighted by molar-refractivity contribution is 7.92. The van der Waals surface area contributed by atoms with E-state index in [-0.39, 0.29) is 27.7 Å². The van der Waals surface area contributed by atoms with E-state index in [4.69, 9.17) is 11.5 Å². The number of sulfonamides is 1. The highest BCUT2D eigenvalue weighted by Crippen LogP contribution is 2.34. The number of anilines is 3. The monoisotopic (exact) mass is 279 g/mol. The summed E-state index contributed by atoms with van der Waals surface area (Å²) in [6.45, 7) is 0. The lowest BCUT2D eigenvalue weighted by Crippen LogP contribution is -2.14. The van der Waals surface area contributed by atoms with Crippen LogP contribution in [0.1, 0.15) is 0 Å². The number of nitrogen functional groups attached to an aromatic ring is 2. The lowest BCUT2D eigenvalue weighted by Gasteiger charge is -2.12. The highest BCUT2D eigenvalue weighted by Gasteiger charge is 2.17. The first kappa shape index (κ1) is 13.0. The molecular formula is C12H13N3O3S. The first-order chi connectivity index (χ1) is 8.90. The Balaban J connectivity index is 2.42. The van der Waals surface area contributed by atoms with Crippen LogP contribution in [0.5, 0.6) is 5.75 Å². The standard InChI is InChI=1S/C12H13N3O3S/c13-8-6-10(14)12(11(16)7-8)15-19(17,18)9-4-2-1-3-5-9/h1-7,15-16H,13-14H2. The summed E-state index contributed by atoms with van der Waals surface area (Å²) in [6.07, 6.45) is 0. The fraction of sp³-hybridized carbons (Fsp3) is 0. The van der Waals surface area contributed by atoms with Gasteiger partial charge in [0.25, 0.3) is 10.0 Å². The van der Waals surface area contributed by atoms with Crippen molar-refractivity contribution in [1.82, 2.24) is 0 Å². The van der Waals surface area contributed by atoms with Crippen LogP contribution in [0.2, 0.25) is 0 Å². The van der Waals surface area contributed by atoms with Crippen molar-refractivity contribution in [1.29, 1.82) is 0 Å². The van der Waals surface area contributed by atoms with E-state index in [1.54, 1.807) is 18.2 Å². The quantitative estimate of drug-likeness (QED) is 0.499.